The van der Waals surface area contributed by atoms with E-state index in [0.717, 1.165) is 35.3 Å². The van der Waals surface area contributed by atoms with E-state index in [2.05, 4.69) is 42.3 Å². The molecule has 200 valence electrons. The van der Waals surface area contributed by atoms with Gasteiger partial charge in [-0.05, 0) is 104 Å². The summed E-state index contributed by atoms with van der Waals surface area (Å²) in [5, 5.41) is 4.09. The molecular formula is C30H34N2O5S. The fraction of sp³-hybridized carbons (Fsp3) is 0.333. The molecule has 4 rings (SSSR count). The second-order valence-corrected chi connectivity index (χ2v) is 9.56. The number of hydrogen-bond donors (Lipinski definition) is 1. The van der Waals surface area contributed by atoms with Crippen LogP contribution in [0.2, 0.25) is 0 Å². The highest BCUT2D eigenvalue weighted by Gasteiger charge is 2.31. The highest BCUT2D eigenvalue weighted by Crippen LogP contribution is 2.39. The topological polar surface area (TPSA) is 69.3 Å². The first-order chi connectivity index (χ1) is 18.3. The van der Waals surface area contributed by atoms with Crippen LogP contribution < -0.4 is 19.5 Å². The Morgan fingerprint density at radius 1 is 1.03 bits per heavy atom. The molecule has 3 aromatic carbocycles. The lowest BCUT2D eigenvalue weighted by molar-refractivity contribution is 0.0526. The van der Waals surface area contributed by atoms with E-state index >= 15 is 0 Å². The van der Waals surface area contributed by atoms with Gasteiger partial charge in [0.15, 0.2) is 16.6 Å². The number of ether oxygens (including phenoxy) is 4. The molecule has 0 radical (unpaired) electrons. The van der Waals surface area contributed by atoms with Gasteiger partial charge in [-0.1, -0.05) is 12.1 Å². The molecule has 0 saturated carbocycles. The molecule has 38 heavy (non-hydrogen) atoms. The number of rotatable bonds is 8. The van der Waals surface area contributed by atoms with Crippen LogP contribution >= 0.6 is 12.2 Å². The third kappa shape index (κ3) is 6.02. The predicted octanol–water partition coefficient (Wildman–Crippen LogP) is 5.87. The Bertz CT molecular complexity index is 1310. The van der Waals surface area contributed by atoms with Crippen LogP contribution in [0.4, 0.5) is 5.69 Å². The van der Waals surface area contributed by atoms with Crippen molar-refractivity contribution in [2.45, 2.75) is 33.2 Å². The van der Waals surface area contributed by atoms with Crippen molar-refractivity contribution >= 4 is 29.0 Å². The minimum absolute atomic E-state index is 0.173. The summed E-state index contributed by atoms with van der Waals surface area (Å²) in [6.07, 6.45) is 0.801. The maximum atomic E-state index is 12.0. The average molecular weight is 535 g/mol. The lowest BCUT2D eigenvalue weighted by Crippen LogP contribution is -2.44. The Balaban J connectivity index is 1.62. The Kier molecular flexibility index (Phi) is 8.73. The number of carbonyl (C=O) groups excluding carboxylic acids is 1. The Hall–Kier alpha value is -3.78. The van der Waals surface area contributed by atoms with Gasteiger partial charge in [0, 0.05) is 12.2 Å². The van der Waals surface area contributed by atoms with Crippen LogP contribution in [0.3, 0.4) is 0 Å². The number of anilines is 1. The molecule has 8 heteroatoms. The van der Waals surface area contributed by atoms with Crippen molar-refractivity contribution in [2.24, 2.45) is 0 Å². The predicted molar refractivity (Wildman–Crippen MR) is 153 cm³/mol. The molecule has 0 saturated heterocycles. The zero-order valence-electron chi connectivity index (χ0n) is 22.5. The number of nitrogens with zero attached hydrogens (tertiary/aromatic N) is 1. The van der Waals surface area contributed by atoms with Gasteiger partial charge in [-0.15, -0.1) is 0 Å². The zero-order valence-corrected chi connectivity index (χ0v) is 23.3. The number of hydrogen-bond acceptors (Lipinski definition) is 6. The van der Waals surface area contributed by atoms with Crippen LogP contribution in [0.1, 0.15) is 45.6 Å². The maximum absolute atomic E-state index is 12.0. The van der Waals surface area contributed by atoms with Gasteiger partial charge >= 0.3 is 5.97 Å². The van der Waals surface area contributed by atoms with E-state index < -0.39 is 0 Å². The van der Waals surface area contributed by atoms with E-state index in [4.69, 9.17) is 31.2 Å². The summed E-state index contributed by atoms with van der Waals surface area (Å²) in [6.45, 7) is 7.30. The molecule has 0 fully saturated rings. The van der Waals surface area contributed by atoms with Crippen LogP contribution in [-0.4, -0.2) is 50.0 Å². The summed E-state index contributed by atoms with van der Waals surface area (Å²) >= 11 is 5.93. The highest BCUT2D eigenvalue weighted by atomic mass is 32.1. The average Bonchev–Trinajstić information content (AvgIpc) is 2.93. The molecule has 1 atom stereocenters. The third-order valence-electron chi connectivity index (χ3n) is 6.67. The number of nitrogens with one attached hydrogen (secondary N) is 1. The van der Waals surface area contributed by atoms with E-state index in [1.165, 1.54) is 5.56 Å². The third-order valence-corrected chi connectivity index (χ3v) is 7.01. The number of esters is 1. The first-order valence-corrected chi connectivity index (χ1v) is 13.0. The van der Waals surface area contributed by atoms with E-state index in [-0.39, 0.29) is 12.0 Å². The number of fused-ring (bicyclic) bond motifs is 1. The molecule has 0 amide bonds. The molecule has 0 aromatic heterocycles. The molecule has 1 aliphatic rings. The first kappa shape index (κ1) is 27.3. The smallest absolute Gasteiger partial charge is 0.338 e. The molecule has 0 aliphatic carbocycles. The Morgan fingerprint density at radius 2 is 1.74 bits per heavy atom. The normalized spacial score (nSPS) is 14.3. The fourth-order valence-electron chi connectivity index (χ4n) is 4.59. The van der Waals surface area contributed by atoms with Crippen molar-refractivity contribution < 1.29 is 23.7 Å². The SMILES string of the molecule is CCOC(=O)c1ccc(OC[C@@H]2c3cc(OC)c(OC)cc3CCN2C(=S)Nc2cc(C)ccc2C)cc1. The molecule has 1 heterocycles. The second kappa shape index (κ2) is 12.2. The van der Waals surface area contributed by atoms with E-state index in [0.29, 0.717) is 41.1 Å². The van der Waals surface area contributed by atoms with Gasteiger partial charge in [0.25, 0.3) is 0 Å². The van der Waals surface area contributed by atoms with Crippen LogP contribution in [0.5, 0.6) is 17.2 Å². The summed E-state index contributed by atoms with van der Waals surface area (Å²) in [5.74, 6) is 1.66. The summed E-state index contributed by atoms with van der Waals surface area (Å²) in [7, 11) is 3.28. The van der Waals surface area contributed by atoms with Gasteiger partial charge < -0.3 is 29.2 Å². The lowest BCUT2D eigenvalue weighted by atomic mass is 9.92. The lowest BCUT2D eigenvalue weighted by Gasteiger charge is -2.39. The summed E-state index contributed by atoms with van der Waals surface area (Å²) in [4.78, 5) is 14.2. The van der Waals surface area contributed by atoms with Crippen LogP contribution in [-0.2, 0) is 11.2 Å². The number of aryl methyl sites for hydroxylation is 2. The molecule has 0 bridgehead atoms. The van der Waals surface area contributed by atoms with Crippen molar-refractivity contribution in [3.8, 4) is 17.2 Å². The Labute approximate surface area is 229 Å². The number of carbonyl (C=O) groups is 1. The molecule has 0 spiro atoms. The number of methoxy groups -OCH3 is 2. The summed E-state index contributed by atoms with van der Waals surface area (Å²) < 4.78 is 22.5. The molecule has 1 aliphatic heterocycles. The van der Waals surface area contributed by atoms with Crippen LogP contribution in [0.15, 0.2) is 54.6 Å². The van der Waals surface area contributed by atoms with Crippen molar-refractivity contribution in [3.63, 3.8) is 0 Å². The van der Waals surface area contributed by atoms with Crippen molar-refractivity contribution in [2.75, 3.05) is 39.3 Å². The van der Waals surface area contributed by atoms with Gasteiger partial charge in [0.2, 0.25) is 0 Å². The summed E-state index contributed by atoms with van der Waals surface area (Å²) in [5.41, 5.74) is 5.99. The fourth-order valence-corrected chi connectivity index (χ4v) is 4.91. The van der Waals surface area contributed by atoms with Crippen LogP contribution in [0.25, 0.3) is 0 Å². The maximum Gasteiger partial charge on any atom is 0.338 e. The quantitative estimate of drug-likeness (QED) is 0.284. The van der Waals surface area contributed by atoms with Crippen molar-refractivity contribution in [1.82, 2.24) is 4.90 Å². The molecule has 0 unspecified atom stereocenters. The van der Waals surface area contributed by atoms with Gasteiger partial charge in [-0.2, -0.15) is 0 Å². The van der Waals surface area contributed by atoms with Crippen molar-refractivity contribution in [3.05, 3.63) is 82.4 Å². The highest BCUT2D eigenvalue weighted by molar-refractivity contribution is 7.80. The van der Waals surface area contributed by atoms with E-state index in [9.17, 15) is 4.79 Å². The van der Waals surface area contributed by atoms with Gasteiger partial charge in [-0.3, -0.25) is 0 Å². The number of benzene rings is 3. The number of thiocarbonyl (C=S) groups is 1. The molecule has 7 nitrogen and oxygen atoms in total. The van der Waals surface area contributed by atoms with Crippen molar-refractivity contribution in [1.29, 1.82) is 0 Å². The Morgan fingerprint density at radius 3 is 2.42 bits per heavy atom. The monoisotopic (exact) mass is 534 g/mol. The minimum atomic E-state index is -0.352. The molecule has 3 aromatic rings. The first-order valence-electron chi connectivity index (χ1n) is 12.6. The second-order valence-electron chi connectivity index (χ2n) is 9.17. The van der Waals surface area contributed by atoms with E-state index in [1.54, 1.807) is 45.4 Å². The minimum Gasteiger partial charge on any atom is -0.493 e. The molecule has 1 N–H and O–H groups in total. The zero-order chi connectivity index (χ0) is 27.2. The largest absolute Gasteiger partial charge is 0.493 e. The molecular weight excluding hydrogens is 500 g/mol. The van der Waals surface area contributed by atoms with Gasteiger partial charge in [-0.25, -0.2) is 4.79 Å². The summed E-state index contributed by atoms with van der Waals surface area (Å²) in [6, 6.07) is 17.1. The standard InChI is InChI=1S/C30H34N2O5S/c1-6-36-29(33)21-9-11-23(12-10-21)37-18-26-24-17-28(35-5)27(34-4)16-22(24)13-14-32(26)30(38)31-25-15-19(2)7-8-20(25)3/h7-12,15-17,26H,6,13-14,18H2,1-5H3,(H,31,38)/t26-/m1/s1. The van der Waals surface area contributed by atoms with Gasteiger partial charge in [0.05, 0.1) is 32.4 Å². The van der Waals surface area contributed by atoms with E-state index in [1.807, 2.05) is 12.1 Å². The van der Waals surface area contributed by atoms with Gasteiger partial charge in [0.1, 0.15) is 12.4 Å². The van der Waals surface area contributed by atoms with Crippen LogP contribution in [0, 0.1) is 13.8 Å².